The summed E-state index contributed by atoms with van der Waals surface area (Å²) in [6, 6.07) is 9.60. The molecule has 10 heavy (non-hydrogen) atoms. The van der Waals surface area contributed by atoms with Crippen LogP contribution in [0.15, 0.2) is 30.3 Å². The van der Waals surface area contributed by atoms with Crippen LogP contribution in [0.3, 0.4) is 0 Å². The van der Waals surface area contributed by atoms with Gasteiger partial charge in [0.05, 0.1) is 5.75 Å². The maximum absolute atomic E-state index is 4.83. The molecule has 0 aliphatic carbocycles. The second-order valence-corrected chi connectivity index (χ2v) is 1.67. The Balaban J connectivity index is 0. The molecule has 0 bridgehead atoms. The summed E-state index contributed by atoms with van der Waals surface area (Å²) >= 11 is 2.19. The zero-order valence-corrected chi connectivity index (χ0v) is 11.0. The van der Waals surface area contributed by atoms with Crippen molar-refractivity contribution in [2.75, 3.05) is 0 Å². The summed E-state index contributed by atoms with van der Waals surface area (Å²) in [4.78, 5) is 0. The van der Waals surface area contributed by atoms with E-state index in [9.17, 15) is 0 Å². The van der Waals surface area contributed by atoms with Crippen LogP contribution >= 0.6 is 48.0 Å². The lowest BCUT2D eigenvalue weighted by Crippen LogP contribution is -1.81. The van der Waals surface area contributed by atoms with E-state index in [2.05, 4.69) is 16.6 Å². The maximum atomic E-state index is 4.83. The monoisotopic (exact) mass is 376 g/mol. The molecule has 0 fully saturated rings. The Kier molecular flexibility index (Phi) is 11.0. The molecule has 0 atom stereocenters. The highest BCUT2D eigenvalue weighted by Crippen LogP contribution is 2.05. The van der Waals surface area contributed by atoms with Crippen LogP contribution in [0.25, 0.3) is 0 Å². The molecule has 1 rings (SSSR count). The number of para-hydroxylation sites is 1. The smallest absolute Gasteiger partial charge is 0.482 e. The number of hydrogen-bond acceptors (Lipinski definition) is 1. The maximum Gasteiger partial charge on any atom is 0.482 e. The van der Waals surface area contributed by atoms with Gasteiger partial charge in [-0.25, -0.2) is 0 Å². The topological polar surface area (TPSA) is 9.23 Å². The second-order valence-electron chi connectivity index (χ2n) is 1.43. The first-order chi connectivity index (χ1) is 3.93. The summed E-state index contributed by atoms with van der Waals surface area (Å²) in [5.41, 5.74) is 0. The first-order valence-electron chi connectivity index (χ1n) is 2.35. The number of rotatable bonds is 1. The molecule has 0 heterocycles. The van der Waals surface area contributed by atoms with Crippen molar-refractivity contribution >= 4 is 64.6 Å². The summed E-state index contributed by atoms with van der Waals surface area (Å²) in [6.45, 7) is 0. The minimum Gasteiger partial charge on any atom is -0.654 e. The van der Waals surface area contributed by atoms with Gasteiger partial charge in [0, 0.05) is 0 Å². The Morgan fingerprint density at radius 3 is 1.80 bits per heavy atom. The summed E-state index contributed by atoms with van der Waals surface area (Å²) in [5, 5.41) is 0. The van der Waals surface area contributed by atoms with Gasteiger partial charge in [-0.15, -0.1) is 48.0 Å². The zero-order valence-electron chi connectivity index (χ0n) is 5.19. The highest BCUT2D eigenvalue weighted by molar-refractivity contribution is 14.0. The minimum atomic E-state index is 0. The number of hydrogen-bond donors (Lipinski definition) is 0. The lowest BCUT2D eigenvalue weighted by Gasteiger charge is -1.97. The number of halogens is 2. The SMILES string of the molecule is I.I.[Al][O]c1ccccc1. The van der Waals surface area contributed by atoms with Crippen LogP contribution in [0.5, 0.6) is 5.75 Å². The van der Waals surface area contributed by atoms with Crippen molar-refractivity contribution < 1.29 is 3.79 Å². The lowest BCUT2D eigenvalue weighted by molar-refractivity contribution is 0.616. The second kappa shape index (κ2) is 8.11. The van der Waals surface area contributed by atoms with Gasteiger partial charge in [0.1, 0.15) is 0 Å². The molecule has 0 unspecified atom stereocenters. The van der Waals surface area contributed by atoms with Gasteiger partial charge in [0.15, 0.2) is 0 Å². The molecule has 0 N–H and O–H groups in total. The Hall–Kier alpha value is 1.01. The third-order valence-electron chi connectivity index (χ3n) is 0.879. The fourth-order valence-electron chi connectivity index (χ4n) is 0.499. The van der Waals surface area contributed by atoms with Gasteiger partial charge < -0.3 is 3.79 Å². The van der Waals surface area contributed by atoms with Crippen LogP contribution in [0.2, 0.25) is 0 Å². The van der Waals surface area contributed by atoms with E-state index in [4.69, 9.17) is 3.79 Å². The van der Waals surface area contributed by atoms with Crippen LogP contribution in [-0.4, -0.2) is 16.6 Å². The quantitative estimate of drug-likeness (QED) is 0.541. The predicted octanol–water partition coefficient (Wildman–Crippen LogP) is 2.38. The highest BCUT2D eigenvalue weighted by atomic mass is 127. The Morgan fingerprint density at radius 2 is 1.50 bits per heavy atom. The number of benzene rings is 1. The van der Waals surface area contributed by atoms with Crippen LogP contribution in [0.4, 0.5) is 0 Å². The lowest BCUT2D eigenvalue weighted by atomic mass is 10.3. The van der Waals surface area contributed by atoms with Crippen molar-refractivity contribution in [1.82, 2.24) is 0 Å². The van der Waals surface area contributed by atoms with Gasteiger partial charge in [0.25, 0.3) is 0 Å². The van der Waals surface area contributed by atoms with Crippen molar-refractivity contribution in [3.63, 3.8) is 0 Å². The average Bonchev–Trinajstić information content (AvgIpc) is 1.90. The first-order valence-corrected chi connectivity index (χ1v) is 2.82. The van der Waals surface area contributed by atoms with Gasteiger partial charge in [-0.3, -0.25) is 0 Å². The van der Waals surface area contributed by atoms with Crippen molar-refractivity contribution in [2.24, 2.45) is 0 Å². The van der Waals surface area contributed by atoms with E-state index >= 15 is 0 Å². The van der Waals surface area contributed by atoms with Gasteiger partial charge in [-0.05, 0) is 12.1 Å². The standard InChI is InChI=1S/C6H6O.Al.2HI/c7-6-4-2-1-3-5-6;;;/h1-5,7H;;2*1H/q;+1;;/p-1. The van der Waals surface area contributed by atoms with Crippen molar-refractivity contribution in [1.29, 1.82) is 0 Å². The van der Waals surface area contributed by atoms with E-state index in [-0.39, 0.29) is 48.0 Å². The van der Waals surface area contributed by atoms with Gasteiger partial charge in [-0.2, -0.15) is 0 Å². The molecule has 4 heteroatoms. The third kappa shape index (κ3) is 4.77. The van der Waals surface area contributed by atoms with Crippen molar-refractivity contribution in [2.45, 2.75) is 0 Å². The Morgan fingerprint density at radius 1 is 1.00 bits per heavy atom. The van der Waals surface area contributed by atoms with E-state index in [1.165, 1.54) is 0 Å². The summed E-state index contributed by atoms with van der Waals surface area (Å²) in [6.07, 6.45) is 0. The van der Waals surface area contributed by atoms with Crippen LogP contribution in [0.1, 0.15) is 0 Å². The van der Waals surface area contributed by atoms with E-state index in [1.807, 2.05) is 30.3 Å². The van der Waals surface area contributed by atoms with Crippen molar-refractivity contribution in [3.05, 3.63) is 30.3 Å². The molecule has 0 aliphatic heterocycles. The van der Waals surface area contributed by atoms with Crippen LogP contribution in [-0.2, 0) is 0 Å². The molecule has 0 saturated heterocycles. The van der Waals surface area contributed by atoms with Gasteiger partial charge >= 0.3 is 16.6 Å². The van der Waals surface area contributed by atoms with Gasteiger partial charge in [0.2, 0.25) is 0 Å². The summed E-state index contributed by atoms with van der Waals surface area (Å²) in [5.74, 6) is 0.873. The van der Waals surface area contributed by atoms with Crippen LogP contribution < -0.4 is 3.79 Å². The fraction of sp³-hybridized carbons (Fsp3) is 0. The van der Waals surface area contributed by atoms with E-state index in [0.717, 1.165) is 5.75 Å². The van der Waals surface area contributed by atoms with Gasteiger partial charge in [-0.1, -0.05) is 18.2 Å². The molecule has 0 aliphatic rings. The summed E-state index contributed by atoms with van der Waals surface area (Å²) in [7, 11) is 0. The molecule has 1 aromatic rings. The van der Waals surface area contributed by atoms with E-state index < -0.39 is 0 Å². The minimum absolute atomic E-state index is 0. The Bertz CT molecular complexity index is 157. The molecule has 0 spiro atoms. The zero-order chi connectivity index (χ0) is 5.82. The van der Waals surface area contributed by atoms with Crippen molar-refractivity contribution in [3.8, 4) is 5.75 Å². The Labute approximate surface area is 103 Å². The van der Waals surface area contributed by atoms with E-state index in [0.29, 0.717) is 0 Å². The molecule has 0 saturated carbocycles. The molecule has 54 valence electrons. The highest BCUT2D eigenvalue weighted by Gasteiger charge is 1.79. The normalized spacial score (nSPS) is 6.80. The molecule has 0 amide bonds. The predicted molar refractivity (Wildman–Crippen MR) is 63.7 cm³/mol. The fourth-order valence-corrected chi connectivity index (χ4v) is 0.656. The average molecular weight is 376 g/mol. The first kappa shape index (κ1) is 13.6. The third-order valence-corrected chi connectivity index (χ3v) is 1.15. The summed E-state index contributed by atoms with van der Waals surface area (Å²) < 4.78 is 4.83. The molecule has 2 radical (unpaired) electrons. The molecule has 1 nitrogen and oxygen atoms in total. The molecule has 0 aromatic heterocycles. The van der Waals surface area contributed by atoms with E-state index in [1.54, 1.807) is 0 Å². The molecular weight excluding hydrogens is 369 g/mol. The largest absolute Gasteiger partial charge is 0.654 e. The molecule has 1 aromatic carbocycles. The van der Waals surface area contributed by atoms with Crippen LogP contribution in [0, 0.1) is 0 Å². The molecular formula is C6H7AlI2O.